The van der Waals surface area contributed by atoms with E-state index in [1.807, 2.05) is 42.5 Å². The van der Waals surface area contributed by atoms with E-state index in [9.17, 15) is 0 Å². The summed E-state index contributed by atoms with van der Waals surface area (Å²) in [6.45, 7) is 1.80. The van der Waals surface area contributed by atoms with Crippen LogP contribution < -0.4 is 5.73 Å². The van der Waals surface area contributed by atoms with Gasteiger partial charge >= 0.3 is 0 Å². The number of benzene rings is 1. The Balaban J connectivity index is 1.73. The Morgan fingerprint density at radius 3 is 2.64 bits per heavy atom. The molecule has 7 heteroatoms. The second-order valence-corrected chi connectivity index (χ2v) is 6.25. The van der Waals surface area contributed by atoms with E-state index in [4.69, 9.17) is 15.5 Å². The number of nitrogens with two attached hydrogens (primary N) is 1. The Morgan fingerprint density at radius 1 is 1.04 bits per heavy atom. The predicted octanol–water partition coefficient (Wildman–Crippen LogP) is 4.07. The van der Waals surface area contributed by atoms with E-state index < -0.39 is 0 Å². The monoisotopic (exact) mass is 368 g/mol. The summed E-state index contributed by atoms with van der Waals surface area (Å²) in [5.41, 5.74) is 10.1. The number of nitrogens with zero attached hydrogens (tertiary/aromatic N) is 5. The van der Waals surface area contributed by atoms with Crippen LogP contribution >= 0.6 is 0 Å². The lowest BCUT2D eigenvalue weighted by molar-refractivity contribution is 0.434. The number of hydrogen-bond donors (Lipinski definition) is 1. The highest BCUT2D eigenvalue weighted by Gasteiger charge is 2.16. The molecule has 4 rings (SSSR count). The molecule has 1 unspecified atom stereocenters. The van der Waals surface area contributed by atoms with Crippen molar-refractivity contribution in [3.8, 4) is 40.0 Å². The van der Waals surface area contributed by atoms with Crippen LogP contribution in [0.25, 0.3) is 34.0 Å². The van der Waals surface area contributed by atoms with Crippen LogP contribution in [0.4, 0.5) is 5.82 Å². The van der Waals surface area contributed by atoms with Crippen molar-refractivity contribution in [2.45, 2.75) is 12.8 Å². The van der Waals surface area contributed by atoms with Crippen LogP contribution in [0.2, 0.25) is 0 Å². The van der Waals surface area contributed by atoms with Crippen LogP contribution in [-0.2, 0) is 0 Å². The van der Waals surface area contributed by atoms with Gasteiger partial charge in [-0.2, -0.15) is 5.26 Å². The van der Waals surface area contributed by atoms with Crippen LogP contribution in [0.5, 0.6) is 0 Å². The normalized spacial score (nSPS) is 11.7. The zero-order valence-electron chi connectivity index (χ0n) is 15.1. The van der Waals surface area contributed by atoms with Crippen molar-refractivity contribution in [1.82, 2.24) is 20.1 Å². The smallest absolute Gasteiger partial charge is 0.189 e. The van der Waals surface area contributed by atoms with Gasteiger partial charge in [-0.3, -0.25) is 4.98 Å². The third-order valence-corrected chi connectivity index (χ3v) is 4.33. The SMILES string of the molecule is CC(C#N)c1cc(-c2cnc(N)c(-c3cc(-c4ccccc4)no3)n2)ccn1. The highest BCUT2D eigenvalue weighted by atomic mass is 16.5. The molecule has 1 aromatic carbocycles. The highest BCUT2D eigenvalue weighted by Crippen LogP contribution is 2.29. The van der Waals surface area contributed by atoms with E-state index in [1.54, 1.807) is 25.4 Å². The molecule has 0 bridgehead atoms. The summed E-state index contributed by atoms with van der Waals surface area (Å²) >= 11 is 0. The molecule has 0 saturated carbocycles. The minimum absolute atomic E-state index is 0.249. The number of rotatable bonds is 4. The van der Waals surface area contributed by atoms with Crippen molar-refractivity contribution in [3.63, 3.8) is 0 Å². The van der Waals surface area contributed by atoms with Gasteiger partial charge in [0.05, 0.1) is 29.6 Å². The Hall–Kier alpha value is -4.05. The lowest BCUT2D eigenvalue weighted by Gasteiger charge is -2.07. The van der Waals surface area contributed by atoms with Gasteiger partial charge in [-0.15, -0.1) is 0 Å². The van der Waals surface area contributed by atoms with Gasteiger partial charge in [-0.05, 0) is 19.1 Å². The third-order valence-electron chi connectivity index (χ3n) is 4.33. The summed E-state index contributed by atoms with van der Waals surface area (Å²) in [6.07, 6.45) is 3.24. The second-order valence-electron chi connectivity index (χ2n) is 6.25. The Morgan fingerprint density at radius 2 is 1.86 bits per heavy atom. The lowest BCUT2D eigenvalue weighted by Crippen LogP contribution is -1.99. The quantitative estimate of drug-likeness (QED) is 0.577. The van der Waals surface area contributed by atoms with Gasteiger partial charge < -0.3 is 10.3 Å². The molecule has 0 fully saturated rings. The molecule has 4 aromatic rings. The second kappa shape index (κ2) is 7.29. The van der Waals surface area contributed by atoms with Gasteiger partial charge in [-0.1, -0.05) is 35.5 Å². The number of pyridine rings is 1. The third kappa shape index (κ3) is 3.31. The molecule has 2 N–H and O–H groups in total. The van der Waals surface area contributed by atoms with Crippen molar-refractivity contribution < 1.29 is 4.52 Å². The van der Waals surface area contributed by atoms with Crippen LogP contribution in [0.1, 0.15) is 18.5 Å². The number of hydrogen-bond acceptors (Lipinski definition) is 7. The maximum Gasteiger partial charge on any atom is 0.189 e. The van der Waals surface area contributed by atoms with Crippen molar-refractivity contribution in [1.29, 1.82) is 5.26 Å². The molecule has 3 heterocycles. The van der Waals surface area contributed by atoms with Crippen LogP contribution in [0.3, 0.4) is 0 Å². The summed E-state index contributed by atoms with van der Waals surface area (Å²) < 4.78 is 5.47. The average molecular weight is 368 g/mol. The molecule has 0 aliphatic heterocycles. The van der Waals surface area contributed by atoms with E-state index in [1.165, 1.54) is 0 Å². The van der Waals surface area contributed by atoms with Crippen LogP contribution in [0.15, 0.2) is 65.4 Å². The maximum atomic E-state index is 9.12. The number of anilines is 1. The Kier molecular flexibility index (Phi) is 4.52. The van der Waals surface area contributed by atoms with E-state index in [-0.39, 0.29) is 11.7 Å². The minimum atomic E-state index is -0.316. The van der Waals surface area contributed by atoms with Gasteiger partial charge in [0.2, 0.25) is 0 Å². The molecule has 136 valence electrons. The topological polar surface area (TPSA) is 115 Å². The fraction of sp³-hybridized carbons (Fsp3) is 0.0952. The van der Waals surface area contributed by atoms with E-state index in [0.29, 0.717) is 28.5 Å². The standard InChI is InChI=1S/C21H16N6O/c1-13(11-22)16-9-15(7-8-24-16)18-12-25-21(23)20(26-18)19-10-17(27-28-19)14-5-3-2-4-6-14/h2-10,12-13H,1H3,(H2,23,25). The van der Waals surface area contributed by atoms with Crippen LogP contribution in [-0.4, -0.2) is 20.1 Å². The highest BCUT2D eigenvalue weighted by molar-refractivity contribution is 5.73. The predicted molar refractivity (Wildman–Crippen MR) is 105 cm³/mol. The van der Waals surface area contributed by atoms with Gasteiger partial charge in [0.15, 0.2) is 17.3 Å². The molecular weight excluding hydrogens is 352 g/mol. The van der Waals surface area contributed by atoms with Crippen LogP contribution in [0, 0.1) is 11.3 Å². The van der Waals surface area contributed by atoms with Gasteiger partial charge in [0, 0.05) is 23.4 Å². The molecule has 28 heavy (non-hydrogen) atoms. The summed E-state index contributed by atoms with van der Waals surface area (Å²) in [5.74, 6) is 0.369. The first-order chi connectivity index (χ1) is 13.7. The Labute approximate surface area is 161 Å². The van der Waals surface area contributed by atoms with Crippen molar-refractivity contribution >= 4 is 5.82 Å². The largest absolute Gasteiger partial charge is 0.382 e. The first-order valence-corrected chi connectivity index (χ1v) is 8.66. The first-order valence-electron chi connectivity index (χ1n) is 8.66. The minimum Gasteiger partial charge on any atom is -0.382 e. The first kappa shape index (κ1) is 17.4. The van der Waals surface area contributed by atoms with Gasteiger partial charge in [0.25, 0.3) is 0 Å². The van der Waals surface area contributed by atoms with Gasteiger partial charge in [0.1, 0.15) is 5.69 Å². The molecular formula is C21H16N6O. The fourth-order valence-electron chi connectivity index (χ4n) is 2.76. The summed E-state index contributed by atoms with van der Waals surface area (Å²) in [7, 11) is 0. The van der Waals surface area contributed by atoms with Crippen molar-refractivity contribution in [2.75, 3.05) is 5.73 Å². The number of nitrogen functional groups attached to an aromatic ring is 1. The molecule has 1 atom stereocenters. The molecule has 0 spiro atoms. The molecule has 7 nitrogen and oxygen atoms in total. The number of aromatic nitrogens is 4. The number of nitriles is 1. The Bertz CT molecular complexity index is 1160. The van der Waals surface area contributed by atoms with E-state index >= 15 is 0 Å². The lowest BCUT2D eigenvalue weighted by atomic mass is 10.1. The zero-order valence-corrected chi connectivity index (χ0v) is 15.1. The molecule has 0 amide bonds. The van der Waals surface area contributed by atoms with Crippen molar-refractivity contribution in [3.05, 3.63) is 66.6 Å². The maximum absolute atomic E-state index is 9.12. The fourth-order valence-corrected chi connectivity index (χ4v) is 2.76. The average Bonchev–Trinajstić information content (AvgIpc) is 3.24. The molecule has 0 saturated heterocycles. The van der Waals surface area contributed by atoms with Gasteiger partial charge in [-0.25, -0.2) is 9.97 Å². The molecule has 3 aromatic heterocycles. The molecule has 0 aliphatic carbocycles. The summed E-state index contributed by atoms with van der Waals surface area (Å²) in [6, 6.07) is 17.3. The molecule has 0 aliphatic rings. The van der Waals surface area contributed by atoms with E-state index in [0.717, 1.165) is 11.1 Å². The summed E-state index contributed by atoms with van der Waals surface area (Å²) in [5, 5.41) is 13.2. The summed E-state index contributed by atoms with van der Waals surface area (Å²) in [4.78, 5) is 13.1. The zero-order chi connectivity index (χ0) is 19.5. The molecule has 0 radical (unpaired) electrons. The van der Waals surface area contributed by atoms with E-state index in [2.05, 4.69) is 26.2 Å². The van der Waals surface area contributed by atoms with Crippen molar-refractivity contribution in [2.24, 2.45) is 0 Å².